The van der Waals surface area contributed by atoms with Gasteiger partial charge in [-0.05, 0) is 68.9 Å². The van der Waals surface area contributed by atoms with Gasteiger partial charge in [-0.2, -0.15) is 0 Å². The summed E-state index contributed by atoms with van der Waals surface area (Å²) in [5.74, 6) is 1.88. The standard InChI is InChI=1S/C30H34N2O4/c1-21-6-8-22(9-7-21)23-10-12-27-25(18-23)19-24(14-17-36-27)30(33)31-26-11-13-28(34-4)29(20-26)35-16-5-15-32(2)3/h6-13,18-20H,5,14-17H2,1-4H3,(H,31,33). The molecular weight excluding hydrogens is 452 g/mol. The summed E-state index contributed by atoms with van der Waals surface area (Å²) < 4.78 is 17.3. The Morgan fingerprint density at radius 3 is 2.53 bits per heavy atom. The SMILES string of the molecule is COc1ccc(NC(=O)C2=Cc3cc(-c4ccc(C)cc4)ccc3OCC2)cc1OCCCN(C)C. The van der Waals surface area contributed by atoms with E-state index in [0.717, 1.165) is 35.4 Å². The molecular formula is C30H34N2O4. The summed E-state index contributed by atoms with van der Waals surface area (Å²) in [5.41, 5.74) is 5.65. The van der Waals surface area contributed by atoms with E-state index in [-0.39, 0.29) is 5.91 Å². The molecule has 1 aliphatic heterocycles. The van der Waals surface area contributed by atoms with Crippen LogP contribution in [-0.2, 0) is 4.79 Å². The van der Waals surface area contributed by atoms with Crippen molar-refractivity contribution < 1.29 is 19.0 Å². The van der Waals surface area contributed by atoms with Crippen LogP contribution in [0.15, 0.2) is 66.2 Å². The van der Waals surface area contributed by atoms with Gasteiger partial charge in [0.15, 0.2) is 11.5 Å². The van der Waals surface area contributed by atoms with Gasteiger partial charge in [-0.3, -0.25) is 4.79 Å². The topological polar surface area (TPSA) is 60.0 Å². The van der Waals surface area contributed by atoms with Crippen LogP contribution in [0.5, 0.6) is 17.2 Å². The van der Waals surface area contributed by atoms with Crippen molar-refractivity contribution in [1.82, 2.24) is 4.90 Å². The number of nitrogens with zero attached hydrogens (tertiary/aromatic N) is 1. The van der Waals surface area contributed by atoms with Crippen LogP contribution in [0.3, 0.4) is 0 Å². The minimum Gasteiger partial charge on any atom is -0.493 e. The average Bonchev–Trinajstić information content (AvgIpc) is 3.09. The Labute approximate surface area is 213 Å². The summed E-state index contributed by atoms with van der Waals surface area (Å²) in [6.07, 6.45) is 3.34. The normalized spacial score (nSPS) is 12.8. The third-order valence-electron chi connectivity index (χ3n) is 6.07. The zero-order valence-electron chi connectivity index (χ0n) is 21.5. The monoisotopic (exact) mass is 486 g/mol. The second-order valence-electron chi connectivity index (χ2n) is 9.21. The molecule has 3 aromatic carbocycles. The predicted octanol–water partition coefficient (Wildman–Crippen LogP) is 5.81. The molecule has 3 aromatic rings. The van der Waals surface area contributed by atoms with Crippen molar-refractivity contribution in [2.75, 3.05) is 46.3 Å². The second kappa shape index (κ2) is 11.8. The fourth-order valence-corrected chi connectivity index (χ4v) is 4.07. The molecule has 0 radical (unpaired) electrons. The Balaban J connectivity index is 1.51. The number of methoxy groups -OCH3 is 1. The van der Waals surface area contributed by atoms with Crippen LogP contribution in [0.4, 0.5) is 5.69 Å². The number of rotatable bonds is 9. The van der Waals surface area contributed by atoms with Gasteiger partial charge in [-0.1, -0.05) is 35.9 Å². The lowest BCUT2D eigenvalue weighted by atomic mass is 10.00. The largest absolute Gasteiger partial charge is 0.493 e. The lowest BCUT2D eigenvalue weighted by molar-refractivity contribution is -0.113. The van der Waals surface area contributed by atoms with Crippen molar-refractivity contribution in [3.05, 3.63) is 77.4 Å². The number of carbonyl (C=O) groups excluding carboxylic acids is 1. The maximum Gasteiger partial charge on any atom is 0.251 e. The highest BCUT2D eigenvalue weighted by atomic mass is 16.5. The number of ether oxygens (including phenoxy) is 3. The summed E-state index contributed by atoms with van der Waals surface area (Å²) in [6, 6.07) is 20.0. The first kappa shape index (κ1) is 25.3. The van der Waals surface area contributed by atoms with Gasteiger partial charge in [0.2, 0.25) is 0 Å². The molecule has 0 fully saturated rings. The van der Waals surface area contributed by atoms with E-state index in [2.05, 4.69) is 53.5 Å². The predicted molar refractivity (Wildman–Crippen MR) is 145 cm³/mol. The van der Waals surface area contributed by atoms with Crippen LogP contribution in [0.25, 0.3) is 17.2 Å². The molecule has 1 N–H and O–H groups in total. The molecule has 36 heavy (non-hydrogen) atoms. The third kappa shape index (κ3) is 6.46. The molecule has 0 saturated carbocycles. The minimum atomic E-state index is -0.157. The zero-order chi connectivity index (χ0) is 25.5. The van der Waals surface area contributed by atoms with Gasteiger partial charge in [0.1, 0.15) is 5.75 Å². The van der Waals surface area contributed by atoms with E-state index < -0.39 is 0 Å². The van der Waals surface area contributed by atoms with Crippen molar-refractivity contribution in [2.24, 2.45) is 0 Å². The molecule has 0 aromatic heterocycles. The number of carbonyl (C=O) groups is 1. The average molecular weight is 487 g/mol. The van der Waals surface area contributed by atoms with Crippen LogP contribution in [0.2, 0.25) is 0 Å². The number of fused-ring (bicyclic) bond motifs is 1. The van der Waals surface area contributed by atoms with Crippen molar-refractivity contribution in [2.45, 2.75) is 19.8 Å². The third-order valence-corrected chi connectivity index (χ3v) is 6.07. The highest BCUT2D eigenvalue weighted by Crippen LogP contribution is 2.33. The molecule has 6 nitrogen and oxygen atoms in total. The maximum absolute atomic E-state index is 13.2. The molecule has 0 saturated heterocycles. The minimum absolute atomic E-state index is 0.157. The highest BCUT2D eigenvalue weighted by Gasteiger charge is 2.17. The van der Waals surface area contributed by atoms with Gasteiger partial charge >= 0.3 is 0 Å². The number of hydrogen-bond acceptors (Lipinski definition) is 5. The van der Waals surface area contributed by atoms with Crippen molar-refractivity contribution in [1.29, 1.82) is 0 Å². The van der Waals surface area contributed by atoms with E-state index in [0.29, 0.717) is 42.4 Å². The van der Waals surface area contributed by atoms with E-state index >= 15 is 0 Å². The van der Waals surface area contributed by atoms with E-state index in [1.54, 1.807) is 7.11 Å². The quantitative estimate of drug-likeness (QED) is 0.387. The Kier molecular flexibility index (Phi) is 8.28. The van der Waals surface area contributed by atoms with E-state index in [1.807, 2.05) is 44.4 Å². The van der Waals surface area contributed by atoms with Gasteiger partial charge in [0, 0.05) is 35.9 Å². The van der Waals surface area contributed by atoms with Crippen molar-refractivity contribution in [3.8, 4) is 28.4 Å². The van der Waals surface area contributed by atoms with Crippen LogP contribution in [0, 0.1) is 6.92 Å². The molecule has 188 valence electrons. The summed E-state index contributed by atoms with van der Waals surface area (Å²) in [5, 5.41) is 3.02. The molecule has 0 atom stereocenters. The van der Waals surface area contributed by atoms with E-state index in [1.165, 1.54) is 5.56 Å². The zero-order valence-corrected chi connectivity index (χ0v) is 21.5. The van der Waals surface area contributed by atoms with Gasteiger partial charge in [0.05, 0.1) is 20.3 Å². The van der Waals surface area contributed by atoms with Gasteiger partial charge in [-0.15, -0.1) is 0 Å². The Morgan fingerprint density at radius 1 is 1.00 bits per heavy atom. The summed E-state index contributed by atoms with van der Waals surface area (Å²) in [4.78, 5) is 15.3. The Bertz CT molecular complexity index is 1230. The van der Waals surface area contributed by atoms with Crippen LogP contribution in [-0.4, -0.2) is 51.8 Å². The molecule has 0 spiro atoms. The van der Waals surface area contributed by atoms with Crippen LogP contribution < -0.4 is 19.5 Å². The molecule has 0 bridgehead atoms. The van der Waals surface area contributed by atoms with Gasteiger partial charge < -0.3 is 24.4 Å². The number of benzene rings is 3. The first-order chi connectivity index (χ1) is 17.4. The summed E-state index contributed by atoms with van der Waals surface area (Å²) >= 11 is 0. The fraction of sp³-hybridized carbons (Fsp3) is 0.300. The van der Waals surface area contributed by atoms with Crippen LogP contribution in [0.1, 0.15) is 24.0 Å². The number of anilines is 1. The first-order valence-corrected chi connectivity index (χ1v) is 12.2. The number of amides is 1. The summed E-state index contributed by atoms with van der Waals surface area (Å²) in [6.45, 7) is 4.01. The Morgan fingerprint density at radius 2 is 1.78 bits per heavy atom. The molecule has 0 aliphatic carbocycles. The summed E-state index contributed by atoms with van der Waals surface area (Å²) in [7, 11) is 5.68. The van der Waals surface area contributed by atoms with E-state index in [9.17, 15) is 4.79 Å². The smallest absolute Gasteiger partial charge is 0.251 e. The number of aryl methyl sites for hydroxylation is 1. The van der Waals surface area contributed by atoms with E-state index in [4.69, 9.17) is 14.2 Å². The molecule has 0 unspecified atom stereocenters. The molecule has 1 aliphatic rings. The molecule has 4 rings (SSSR count). The fourth-order valence-electron chi connectivity index (χ4n) is 4.07. The number of nitrogens with one attached hydrogen (secondary N) is 1. The lowest BCUT2D eigenvalue weighted by Gasteiger charge is -2.14. The highest BCUT2D eigenvalue weighted by molar-refractivity contribution is 6.07. The Hall–Kier alpha value is -3.77. The first-order valence-electron chi connectivity index (χ1n) is 12.2. The van der Waals surface area contributed by atoms with Gasteiger partial charge in [0.25, 0.3) is 5.91 Å². The molecule has 1 amide bonds. The number of hydrogen-bond donors (Lipinski definition) is 1. The molecule has 6 heteroatoms. The molecule has 1 heterocycles. The van der Waals surface area contributed by atoms with Gasteiger partial charge in [-0.25, -0.2) is 0 Å². The van der Waals surface area contributed by atoms with Crippen molar-refractivity contribution >= 4 is 17.7 Å². The second-order valence-corrected chi connectivity index (χ2v) is 9.21. The maximum atomic E-state index is 13.2. The van der Waals surface area contributed by atoms with Crippen LogP contribution >= 0.6 is 0 Å². The lowest BCUT2D eigenvalue weighted by Crippen LogP contribution is -2.16. The van der Waals surface area contributed by atoms with Crippen molar-refractivity contribution in [3.63, 3.8) is 0 Å².